The fourth-order valence-electron chi connectivity index (χ4n) is 1.85. The van der Waals surface area contributed by atoms with E-state index in [2.05, 4.69) is 10.5 Å². The maximum absolute atomic E-state index is 12.1. The molecule has 0 aliphatic carbocycles. The third-order valence-corrected chi connectivity index (χ3v) is 2.88. The van der Waals surface area contributed by atoms with Crippen LogP contribution in [-0.2, 0) is 6.42 Å². The molecule has 0 bridgehead atoms. The lowest BCUT2D eigenvalue weighted by Crippen LogP contribution is -2.14. The van der Waals surface area contributed by atoms with Crippen LogP contribution in [0.4, 0.5) is 5.82 Å². The number of rotatable bonds is 3. The van der Waals surface area contributed by atoms with Crippen molar-refractivity contribution in [3.63, 3.8) is 0 Å². The Balaban J connectivity index is 2.22. The second kappa shape index (κ2) is 5.04. The number of nitrogens with one attached hydrogen (secondary N) is 1. The van der Waals surface area contributed by atoms with Crippen molar-refractivity contribution in [1.82, 2.24) is 5.16 Å². The normalized spacial score (nSPS) is 10.4. The van der Waals surface area contributed by atoms with E-state index in [-0.39, 0.29) is 5.91 Å². The number of amides is 1. The summed E-state index contributed by atoms with van der Waals surface area (Å²) in [5, 5.41) is 6.57. The van der Waals surface area contributed by atoms with Gasteiger partial charge in [0.15, 0.2) is 5.82 Å². The predicted octanol–water partition coefficient (Wildman–Crippen LogP) is 3.11. The van der Waals surface area contributed by atoms with Gasteiger partial charge in [0, 0.05) is 11.1 Å². The van der Waals surface area contributed by atoms with Crippen LogP contribution < -0.4 is 5.32 Å². The van der Waals surface area contributed by atoms with Crippen molar-refractivity contribution in [3.8, 4) is 0 Å². The molecular weight excluding hydrogens is 228 g/mol. The summed E-state index contributed by atoms with van der Waals surface area (Å²) in [5.74, 6) is 0.346. The number of carbonyl (C=O) groups excluding carboxylic acids is 1. The van der Waals surface area contributed by atoms with Crippen molar-refractivity contribution in [2.45, 2.75) is 27.2 Å². The highest BCUT2D eigenvalue weighted by Gasteiger charge is 2.13. The van der Waals surface area contributed by atoms with Gasteiger partial charge in [0.2, 0.25) is 0 Å². The van der Waals surface area contributed by atoms with Crippen LogP contribution in [0.25, 0.3) is 0 Å². The number of aromatic nitrogens is 1. The van der Waals surface area contributed by atoms with E-state index in [1.807, 2.05) is 39.0 Å². The van der Waals surface area contributed by atoms with Crippen LogP contribution >= 0.6 is 0 Å². The molecule has 1 aromatic heterocycles. The van der Waals surface area contributed by atoms with E-state index in [4.69, 9.17) is 4.52 Å². The number of nitrogens with zero attached hydrogens (tertiary/aromatic N) is 1. The van der Waals surface area contributed by atoms with Crippen LogP contribution in [0.1, 0.15) is 34.0 Å². The molecule has 0 spiro atoms. The smallest absolute Gasteiger partial charge is 0.257 e. The van der Waals surface area contributed by atoms with Gasteiger partial charge >= 0.3 is 0 Å². The monoisotopic (exact) mass is 244 g/mol. The summed E-state index contributed by atoms with van der Waals surface area (Å²) in [6.45, 7) is 5.91. The maximum Gasteiger partial charge on any atom is 0.257 e. The van der Waals surface area contributed by atoms with Crippen molar-refractivity contribution in [2.24, 2.45) is 0 Å². The highest BCUT2D eigenvalue weighted by Crippen LogP contribution is 2.16. The van der Waals surface area contributed by atoms with Crippen LogP contribution in [0.3, 0.4) is 0 Å². The van der Waals surface area contributed by atoms with Crippen LogP contribution in [-0.4, -0.2) is 11.1 Å². The first-order valence-electron chi connectivity index (χ1n) is 5.93. The Morgan fingerprint density at radius 1 is 1.39 bits per heavy atom. The molecule has 1 amide bonds. The Morgan fingerprint density at radius 2 is 2.17 bits per heavy atom. The topological polar surface area (TPSA) is 55.1 Å². The summed E-state index contributed by atoms with van der Waals surface area (Å²) in [6, 6.07) is 5.73. The molecule has 0 atom stereocenters. The lowest BCUT2D eigenvalue weighted by atomic mass is 10.1. The van der Waals surface area contributed by atoms with Crippen molar-refractivity contribution >= 4 is 11.7 Å². The van der Waals surface area contributed by atoms with Gasteiger partial charge in [-0.25, -0.2) is 0 Å². The van der Waals surface area contributed by atoms with Gasteiger partial charge < -0.3 is 9.84 Å². The zero-order valence-electron chi connectivity index (χ0n) is 10.8. The van der Waals surface area contributed by atoms with E-state index in [1.165, 1.54) is 0 Å². The summed E-state index contributed by atoms with van der Waals surface area (Å²) in [4.78, 5) is 12.1. The van der Waals surface area contributed by atoms with Crippen LogP contribution in [0.5, 0.6) is 0 Å². The minimum Gasteiger partial charge on any atom is -0.362 e. The van der Waals surface area contributed by atoms with Gasteiger partial charge in [-0.2, -0.15) is 0 Å². The van der Waals surface area contributed by atoms with E-state index >= 15 is 0 Å². The van der Waals surface area contributed by atoms with Gasteiger partial charge in [0.1, 0.15) is 6.26 Å². The van der Waals surface area contributed by atoms with Crippen molar-refractivity contribution in [3.05, 3.63) is 46.7 Å². The second-order valence-electron chi connectivity index (χ2n) is 4.31. The Morgan fingerprint density at radius 3 is 2.83 bits per heavy atom. The Labute approximate surface area is 106 Å². The molecule has 0 saturated heterocycles. The zero-order chi connectivity index (χ0) is 13.1. The molecular formula is C14H16N2O2. The number of carbonyl (C=O) groups is 1. The fourth-order valence-corrected chi connectivity index (χ4v) is 1.85. The molecule has 1 heterocycles. The molecule has 2 aromatic rings. The van der Waals surface area contributed by atoms with Crippen molar-refractivity contribution < 1.29 is 9.32 Å². The van der Waals surface area contributed by atoms with E-state index in [0.29, 0.717) is 11.4 Å². The molecule has 4 nitrogen and oxygen atoms in total. The molecule has 2 rings (SSSR count). The molecule has 4 heteroatoms. The standard InChI is InChI=1S/C14H16N2O2/c1-4-11-8-18-16-13(11)15-14(17)12-6-5-9(2)7-10(12)3/h5-8H,4H2,1-3H3,(H,15,16,17). The summed E-state index contributed by atoms with van der Waals surface area (Å²) >= 11 is 0. The van der Waals surface area contributed by atoms with Crippen LogP contribution in [0, 0.1) is 13.8 Å². The van der Waals surface area contributed by atoms with Gasteiger partial charge in [-0.3, -0.25) is 4.79 Å². The average Bonchev–Trinajstić information content (AvgIpc) is 2.76. The molecule has 94 valence electrons. The highest BCUT2D eigenvalue weighted by atomic mass is 16.5. The Kier molecular flexibility index (Phi) is 3.46. The fraction of sp³-hybridized carbons (Fsp3) is 0.286. The molecule has 0 aliphatic heterocycles. The summed E-state index contributed by atoms with van der Waals surface area (Å²) in [5.41, 5.74) is 3.65. The summed E-state index contributed by atoms with van der Waals surface area (Å²) in [6.07, 6.45) is 2.32. The maximum atomic E-state index is 12.1. The summed E-state index contributed by atoms with van der Waals surface area (Å²) in [7, 11) is 0. The van der Waals surface area contributed by atoms with E-state index in [0.717, 1.165) is 23.1 Å². The Hall–Kier alpha value is -2.10. The van der Waals surface area contributed by atoms with Gasteiger partial charge in [0.05, 0.1) is 0 Å². The molecule has 1 aromatic carbocycles. The van der Waals surface area contributed by atoms with Gasteiger partial charge in [-0.05, 0) is 31.9 Å². The summed E-state index contributed by atoms with van der Waals surface area (Å²) < 4.78 is 4.86. The van der Waals surface area contributed by atoms with Gasteiger partial charge in [-0.1, -0.05) is 29.8 Å². The highest BCUT2D eigenvalue weighted by molar-refractivity contribution is 6.05. The zero-order valence-corrected chi connectivity index (χ0v) is 10.8. The number of hydrogen-bond acceptors (Lipinski definition) is 3. The molecule has 0 unspecified atom stereocenters. The first-order valence-corrected chi connectivity index (χ1v) is 5.93. The predicted molar refractivity (Wildman–Crippen MR) is 69.8 cm³/mol. The first kappa shape index (κ1) is 12.4. The molecule has 18 heavy (non-hydrogen) atoms. The first-order chi connectivity index (χ1) is 8.61. The lowest BCUT2D eigenvalue weighted by Gasteiger charge is -2.07. The molecule has 0 aliphatic rings. The van der Waals surface area contributed by atoms with Crippen LogP contribution in [0.15, 0.2) is 29.0 Å². The minimum atomic E-state index is -0.156. The molecule has 0 radical (unpaired) electrons. The van der Waals surface area contributed by atoms with Gasteiger partial charge in [-0.15, -0.1) is 0 Å². The SMILES string of the molecule is CCc1conc1NC(=O)c1ccc(C)cc1C. The number of benzene rings is 1. The van der Waals surface area contributed by atoms with Gasteiger partial charge in [0.25, 0.3) is 5.91 Å². The average molecular weight is 244 g/mol. The van der Waals surface area contributed by atoms with E-state index in [9.17, 15) is 4.79 Å². The second-order valence-corrected chi connectivity index (χ2v) is 4.31. The number of anilines is 1. The number of hydrogen-bond donors (Lipinski definition) is 1. The Bertz CT molecular complexity index is 573. The molecule has 1 N–H and O–H groups in total. The third kappa shape index (κ3) is 2.42. The quantitative estimate of drug-likeness (QED) is 0.902. The number of aryl methyl sites for hydroxylation is 3. The van der Waals surface area contributed by atoms with Crippen molar-refractivity contribution in [2.75, 3.05) is 5.32 Å². The van der Waals surface area contributed by atoms with E-state index in [1.54, 1.807) is 6.26 Å². The minimum absolute atomic E-state index is 0.156. The third-order valence-electron chi connectivity index (χ3n) is 2.88. The van der Waals surface area contributed by atoms with Crippen molar-refractivity contribution in [1.29, 1.82) is 0 Å². The van der Waals surface area contributed by atoms with Crippen LogP contribution in [0.2, 0.25) is 0 Å². The lowest BCUT2D eigenvalue weighted by molar-refractivity contribution is 0.102. The largest absolute Gasteiger partial charge is 0.362 e. The molecule has 0 fully saturated rings. The van der Waals surface area contributed by atoms with E-state index < -0.39 is 0 Å². The molecule has 0 saturated carbocycles.